The van der Waals surface area contributed by atoms with E-state index in [0.29, 0.717) is 48.6 Å². The summed E-state index contributed by atoms with van der Waals surface area (Å²) in [5, 5.41) is 0.00885. The minimum atomic E-state index is -0.712. The topological polar surface area (TPSA) is 93.5 Å². The summed E-state index contributed by atoms with van der Waals surface area (Å²) >= 11 is 6.08. The van der Waals surface area contributed by atoms with E-state index in [4.69, 9.17) is 16.3 Å². The number of carbonyl (C=O) groups excluding carboxylic acids is 1. The summed E-state index contributed by atoms with van der Waals surface area (Å²) in [5.41, 5.74) is 1.08. The number of ether oxygens (including phenoxy) is 1. The molecule has 9 nitrogen and oxygen atoms in total. The van der Waals surface area contributed by atoms with E-state index < -0.39 is 23.2 Å². The molecule has 3 aromatic rings. The number of hydrogen-bond acceptors (Lipinski definition) is 7. The summed E-state index contributed by atoms with van der Waals surface area (Å²) in [6.07, 6.45) is 1.85. The predicted octanol–water partition coefficient (Wildman–Crippen LogP) is 4.28. The lowest BCUT2D eigenvalue weighted by atomic mass is 10.1. The second kappa shape index (κ2) is 9.65. The van der Waals surface area contributed by atoms with Crippen molar-refractivity contribution >= 4 is 34.5 Å². The van der Waals surface area contributed by atoms with Crippen LogP contribution in [0.5, 0.6) is 0 Å². The Morgan fingerprint density at radius 2 is 2.00 bits per heavy atom. The normalized spacial score (nSPS) is 16.5. The smallest absolute Gasteiger partial charge is 0.410 e. The van der Waals surface area contributed by atoms with Gasteiger partial charge in [-0.3, -0.25) is 4.98 Å². The maximum Gasteiger partial charge on any atom is 0.410 e. The van der Waals surface area contributed by atoms with Gasteiger partial charge in [-0.05, 0) is 58.7 Å². The average molecular weight is 517 g/mol. The summed E-state index contributed by atoms with van der Waals surface area (Å²) in [5.74, 6) is -0.415. The zero-order valence-corrected chi connectivity index (χ0v) is 22.1. The minimum absolute atomic E-state index is 0.198. The third-order valence-corrected chi connectivity index (χ3v) is 6.34. The van der Waals surface area contributed by atoms with Crippen LogP contribution in [-0.2, 0) is 11.2 Å². The maximum atomic E-state index is 14.7. The summed E-state index contributed by atoms with van der Waals surface area (Å²) in [6.45, 7) is 12.3. The van der Waals surface area contributed by atoms with Gasteiger partial charge in [-0.2, -0.15) is 4.98 Å². The highest BCUT2D eigenvalue weighted by Crippen LogP contribution is 2.31. The van der Waals surface area contributed by atoms with Crippen molar-refractivity contribution in [3.05, 3.63) is 51.0 Å². The first-order valence-corrected chi connectivity index (χ1v) is 12.3. The van der Waals surface area contributed by atoms with E-state index in [1.165, 1.54) is 10.6 Å². The number of pyridine rings is 2. The molecule has 1 atom stereocenters. The molecule has 0 radical (unpaired) electrons. The summed E-state index contributed by atoms with van der Waals surface area (Å²) in [6, 6.07) is 2.83. The average Bonchev–Trinajstić information content (AvgIpc) is 2.79. The number of aryl methyl sites for hydroxylation is 2. The molecule has 4 heterocycles. The molecule has 0 aliphatic carbocycles. The number of nitrogens with zero attached hydrogens (tertiary/aromatic N) is 6. The van der Waals surface area contributed by atoms with Gasteiger partial charge in [0.2, 0.25) is 0 Å². The van der Waals surface area contributed by atoms with E-state index >= 15 is 0 Å². The van der Waals surface area contributed by atoms with E-state index in [-0.39, 0.29) is 16.8 Å². The van der Waals surface area contributed by atoms with Crippen molar-refractivity contribution in [2.45, 2.75) is 59.6 Å². The van der Waals surface area contributed by atoms with Crippen molar-refractivity contribution < 1.29 is 13.9 Å². The van der Waals surface area contributed by atoms with E-state index in [9.17, 15) is 14.0 Å². The summed E-state index contributed by atoms with van der Waals surface area (Å²) in [7, 11) is 0. The van der Waals surface area contributed by atoms with Gasteiger partial charge in [0.1, 0.15) is 11.4 Å². The molecule has 0 bridgehead atoms. The van der Waals surface area contributed by atoms with Crippen molar-refractivity contribution in [3.63, 3.8) is 0 Å². The van der Waals surface area contributed by atoms with Gasteiger partial charge in [-0.25, -0.2) is 23.5 Å². The first-order chi connectivity index (χ1) is 16.9. The molecule has 192 valence electrons. The lowest BCUT2D eigenvalue weighted by Gasteiger charge is -2.41. The Hall–Kier alpha value is -3.27. The zero-order valence-electron chi connectivity index (χ0n) is 21.3. The van der Waals surface area contributed by atoms with Crippen LogP contribution in [0, 0.1) is 12.7 Å². The fourth-order valence-corrected chi connectivity index (χ4v) is 4.57. The van der Waals surface area contributed by atoms with Crippen LogP contribution in [0.2, 0.25) is 5.15 Å². The first kappa shape index (κ1) is 25.8. The number of halogens is 2. The van der Waals surface area contributed by atoms with E-state index in [0.717, 1.165) is 5.56 Å². The number of aromatic nitrogens is 4. The number of piperazine rings is 1. The number of amides is 1. The highest BCUT2D eigenvalue weighted by atomic mass is 35.5. The Morgan fingerprint density at radius 3 is 2.64 bits per heavy atom. The van der Waals surface area contributed by atoms with Crippen molar-refractivity contribution in [2.24, 2.45) is 0 Å². The highest BCUT2D eigenvalue weighted by molar-refractivity contribution is 6.30. The van der Waals surface area contributed by atoms with Crippen LogP contribution in [0.15, 0.2) is 23.1 Å². The number of fused-ring (bicyclic) bond motifs is 1. The van der Waals surface area contributed by atoms with Gasteiger partial charge in [-0.15, -0.1) is 0 Å². The van der Waals surface area contributed by atoms with Gasteiger partial charge in [-0.1, -0.05) is 18.5 Å². The highest BCUT2D eigenvalue weighted by Gasteiger charge is 2.32. The van der Waals surface area contributed by atoms with Crippen LogP contribution in [-0.4, -0.2) is 61.8 Å². The molecular formula is C25H30ClFN6O3. The molecule has 1 fully saturated rings. The number of hydrogen-bond donors (Lipinski definition) is 0. The number of anilines is 1. The third-order valence-electron chi connectivity index (χ3n) is 6.07. The Kier molecular flexibility index (Phi) is 6.92. The third kappa shape index (κ3) is 4.86. The standard InChI is InChI=1S/C25H30ClFN6O3/c1-7-18-19(14(2)8-9-28-18)33-22-16(12-17(27)20(26)29-22)21(30-23(33)34)32-11-10-31(13-15(32)3)24(35)36-25(4,5)6/h8-9,12,15H,7,10-11,13H2,1-6H3. The first-order valence-electron chi connectivity index (χ1n) is 11.9. The van der Waals surface area contributed by atoms with Gasteiger partial charge in [0.25, 0.3) is 0 Å². The molecular weight excluding hydrogens is 487 g/mol. The van der Waals surface area contributed by atoms with Crippen LogP contribution in [0.3, 0.4) is 0 Å². The molecule has 1 aliphatic rings. The number of carbonyl (C=O) groups is 1. The van der Waals surface area contributed by atoms with Crippen molar-refractivity contribution in [2.75, 3.05) is 24.5 Å². The molecule has 36 heavy (non-hydrogen) atoms. The maximum absolute atomic E-state index is 14.7. The van der Waals surface area contributed by atoms with Crippen LogP contribution in [0.4, 0.5) is 15.0 Å². The van der Waals surface area contributed by atoms with Gasteiger partial charge in [0, 0.05) is 31.9 Å². The van der Waals surface area contributed by atoms with Crippen molar-refractivity contribution in [3.8, 4) is 5.69 Å². The predicted molar refractivity (Wildman–Crippen MR) is 137 cm³/mol. The number of rotatable bonds is 3. The molecule has 1 amide bonds. The van der Waals surface area contributed by atoms with Crippen molar-refractivity contribution in [1.82, 2.24) is 24.4 Å². The Balaban J connectivity index is 1.83. The van der Waals surface area contributed by atoms with E-state index in [1.807, 2.05) is 46.4 Å². The van der Waals surface area contributed by atoms with E-state index in [1.54, 1.807) is 17.2 Å². The fraction of sp³-hybridized carbons (Fsp3) is 0.480. The lowest BCUT2D eigenvalue weighted by molar-refractivity contribution is 0.0218. The van der Waals surface area contributed by atoms with Crippen LogP contribution in [0.1, 0.15) is 45.9 Å². The Labute approximate surface area is 213 Å². The molecule has 0 saturated carbocycles. The van der Waals surface area contributed by atoms with Gasteiger partial charge >= 0.3 is 11.8 Å². The Morgan fingerprint density at radius 1 is 1.28 bits per heavy atom. The largest absolute Gasteiger partial charge is 0.444 e. The second-order valence-corrected chi connectivity index (χ2v) is 10.3. The van der Waals surface area contributed by atoms with Gasteiger partial charge < -0.3 is 14.5 Å². The summed E-state index contributed by atoms with van der Waals surface area (Å²) in [4.78, 5) is 42.7. The van der Waals surface area contributed by atoms with Crippen LogP contribution >= 0.6 is 11.6 Å². The van der Waals surface area contributed by atoms with Crippen LogP contribution in [0.25, 0.3) is 16.7 Å². The summed E-state index contributed by atoms with van der Waals surface area (Å²) < 4.78 is 21.5. The quantitative estimate of drug-likeness (QED) is 0.479. The molecule has 3 aromatic heterocycles. The van der Waals surface area contributed by atoms with Gasteiger partial charge in [0.15, 0.2) is 16.6 Å². The zero-order chi connectivity index (χ0) is 26.4. The molecule has 0 spiro atoms. The second-order valence-electron chi connectivity index (χ2n) is 9.93. The minimum Gasteiger partial charge on any atom is -0.444 e. The SMILES string of the molecule is CCc1nccc(C)c1-n1c(=O)nc(N2CCN(C(=O)OC(C)(C)C)CC2C)c2cc(F)c(Cl)nc21. The molecule has 1 unspecified atom stereocenters. The molecule has 0 aromatic carbocycles. The molecule has 0 N–H and O–H groups in total. The van der Waals surface area contributed by atoms with Crippen LogP contribution < -0.4 is 10.6 Å². The molecule has 1 aliphatic heterocycles. The molecule has 11 heteroatoms. The fourth-order valence-electron chi connectivity index (χ4n) is 4.44. The van der Waals surface area contributed by atoms with Gasteiger partial charge in [0.05, 0.1) is 16.8 Å². The molecule has 4 rings (SSSR count). The Bertz CT molecular complexity index is 1390. The van der Waals surface area contributed by atoms with E-state index in [2.05, 4.69) is 15.0 Å². The van der Waals surface area contributed by atoms with Crippen molar-refractivity contribution in [1.29, 1.82) is 0 Å². The lowest BCUT2D eigenvalue weighted by Crippen LogP contribution is -2.55. The molecule has 1 saturated heterocycles. The monoisotopic (exact) mass is 516 g/mol.